The van der Waals surface area contributed by atoms with Crippen LogP contribution in [0, 0.1) is 0 Å². The summed E-state index contributed by atoms with van der Waals surface area (Å²) in [5.41, 5.74) is 6.84. The fraction of sp³-hybridized carbons (Fsp3) is 0.562. The predicted octanol–water partition coefficient (Wildman–Crippen LogP) is 2.62. The molecule has 21 heavy (non-hydrogen) atoms. The fourth-order valence-electron chi connectivity index (χ4n) is 2.53. The summed E-state index contributed by atoms with van der Waals surface area (Å²) < 4.78 is 5.56. The Morgan fingerprint density at radius 1 is 1.38 bits per heavy atom. The third kappa shape index (κ3) is 4.90. The number of nitrogens with zero attached hydrogens (tertiary/aromatic N) is 1. The summed E-state index contributed by atoms with van der Waals surface area (Å²) in [6, 6.07) is 5.69. The van der Waals surface area contributed by atoms with Gasteiger partial charge in [0.05, 0.1) is 5.02 Å². The van der Waals surface area contributed by atoms with Crippen LogP contribution in [0.5, 0.6) is 5.75 Å². The maximum atomic E-state index is 12.0. The molecule has 0 aromatic heterocycles. The number of carbonyl (C=O) groups excluding carboxylic acids is 1. The number of amides is 1. The van der Waals surface area contributed by atoms with Crippen molar-refractivity contribution in [2.45, 2.75) is 38.6 Å². The molecule has 1 amide bonds. The zero-order valence-electron chi connectivity index (χ0n) is 12.5. The second-order valence-electron chi connectivity index (χ2n) is 5.68. The Balaban J connectivity index is 1.89. The van der Waals surface area contributed by atoms with E-state index < -0.39 is 0 Å². The quantitative estimate of drug-likeness (QED) is 0.909. The zero-order valence-corrected chi connectivity index (χ0v) is 13.2. The molecule has 4 nitrogen and oxygen atoms in total. The Kier molecular flexibility index (Phi) is 5.88. The first kappa shape index (κ1) is 16.1. The predicted molar refractivity (Wildman–Crippen MR) is 84.7 cm³/mol. The lowest BCUT2D eigenvalue weighted by atomic mass is 10.1. The van der Waals surface area contributed by atoms with Crippen molar-refractivity contribution in [2.75, 3.05) is 19.7 Å². The number of hydrogen-bond donors (Lipinski definition) is 1. The molecule has 1 saturated heterocycles. The number of hydrogen-bond acceptors (Lipinski definition) is 3. The van der Waals surface area contributed by atoms with Gasteiger partial charge in [-0.15, -0.1) is 0 Å². The van der Waals surface area contributed by atoms with Gasteiger partial charge in [0.2, 0.25) is 0 Å². The molecule has 1 aliphatic rings. The van der Waals surface area contributed by atoms with Crippen LogP contribution >= 0.6 is 11.6 Å². The van der Waals surface area contributed by atoms with E-state index in [1.807, 2.05) is 30.0 Å². The molecule has 1 unspecified atom stereocenters. The van der Waals surface area contributed by atoms with Gasteiger partial charge in [-0.25, -0.2) is 0 Å². The molecule has 0 aliphatic carbocycles. The number of rotatable bonds is 5. The van der Waals surface area contributed by atoms with Crippen LogP contribution in [0.15, 0.2) is 18.2 Å². The normalized spacial score (nSPS) is 16.6. The van der Waals surface area contributed by atoms with Crippen molar-refractivity contribution in [3.8, 4) is 5.75 Å². The highest BCUT2D eigenvalue weighted by Gasteiger charge is 2.17. The molecule has 0 spiro atoms. The van der Waals surface area contributed by atoms with Crippen LogP contribution in [0.3, 0.4) is 0 Å². The van der Waals surface area contributed by atoms with Gasteiger partial charge in [0, 0.05) is 19.1 Å². The average Bonchev–Trinajstić information content (AvgIpc) is 2.46. The van der Waals surface area contributed by atoms with Crippen LogP contribution in [-0.4, -0.2) is 36.5 Å². The van der Waals surface area contributed by atoms with Gasteiger partial charge in [-0.1, -0.05) is 17.7 Å². The minimum absolute atomic E-state index is 0.0328. The SMILES string of the molecule is CC(N)Cc1ccc(OCC(=O)N2CCCCC2)c(Cl)c1. The summed E-state index contributed by atoms with van der Waals surface area (Å²) in [5, 5.41) is 0.527. The van der Waals surface area contributed by atoms with E-state index in [0.717, 1.165) is 37.9 Å². The lowest BCUT2D eigenvalue weighted by molar-refractivity contribution is -0.134. The molecule has 1 atom stereocenters. The van der Waals surface area contributed by atoms with Crippen LogP contribution in [0.2, 0.25) is 5.02 Å². The Bertz CT molecular complexity index is 485. The minimum atomic E-state index is 0.0328. The molecule has 1 aliphatic heterocycles. The molecular weight excluding hydrogens is 288 g/mol. The number of nitrogens with two attached hydrogens (primary N) is 1. The van der Waals surface area contributed by atoms with E-state index >= 15 is 0 Å². The first-order valence-electron chi connectivity index (χ1n) is 7.51. The van der Waals surface area contributed by atoms with E-state index in [0.29, 0.717) is 10.8 Å². The number of ether oxygens (including phenoxy) is 1. The topological polar surface area (TPSA) is 55.6 Å². The second kappa shape index (κ2) is 7.66. The average molecular weight is 311 g/mol. The molecule has 0 bridgehead atoms. The lowest BCUT2D eigenvalue weighted by Gasteiger charge is -2.26. The summed E-state index contributed by atoms with van der Waals surface area (Å²) >= 11 is 6.19. The lowest BCUT2D eigenvalue weighted by Crippen LogP contribution is -2.38. The van der Waals surface area contributed by atoms with E-state index in [4.69, 9.17) is 22.1 Å². The fourth-order valence-corrected chi connectivity index (χ4v) is 2.79. The monoisotopic (exact) mass is 310 g/mol. The van der Waals surface area contributed by atoms with E-state index in [9.17, 15) is 4.79 Å². The maximum absolute atomic E-state index is 12.0. The van der Waals surface area contributed by atoms with Gasteiger partial charge in [-0.05, 0) is 50.3 Å². The minimum Gasteiger partial charge on any atom is -0.482 e. The van der Waals surface area contributed by atoms with Gasteiger partial charge in [0.15, 0.2) is 6.61 Å². The highest BCUT2D eigenvalue weighted by Crippen LogP contribution is 2.26. The number of carbonyl (C=O) groups is 1. The number of piperidine rings is 1. The van der Waals surface area contributed by atoms with Gasteiger partial charge in [0.25, 0.3) is 5.91 Å². The molecular formula is C16H23ClN2O2. The van der Waals surface area contributed by atoms with E-state index in [-0.39, 0.29) is 18.6 Å². The van der Waals surface area contributed by atoms with Crippen molar-refractivity contribution in [3.05, 3.63) is 28.8 Å². The van der Waals surface area contributed by atoms with Crippen molar-refractivity contribution in [1.29, 1.82) is 0 Å². The van der Waals surface area contributed by atoms with Crippen LogP contribution in [0.25, 0.3) is 0 Å². The summed E-state index contributed by atoms with van der Waals surface area (Å²) in [7, 11) is 0. The largest absolute Gasteiger partial charge is 0.482 e. The Morgan fingerprint density at radius 3 is 2.71 bits per heavy atom. The van der Waals surface area contributed by atoms with E-state index in [1.165, 1.54) is 6.42 Å². The molecule has 116 valence electrons. The zero-order chi connectivity index (χ0) is 15.2. The smallest absolute Gasteiger partial charge is 0.260 e. The molecule has 5 heteroatoms. The van der Waals surface area contributed by atoms with Crippen LogP contribution < -0.4 is 10.5 Å². The van der Waals surface area contributed by atoms with Crippen molar-refractivity contribution in [3.63, 3.8) is 0 Å². The molecule has 1 aromatic rings. The third-order valence-corrected chi connectivity index (χ3v) is 3.91. The summed E-state index contributed by atoms with van der Waals surface area (Å²) in [4.78, 5) is 13.9. The van der Waals surface area contributed by atoms with E-state index in [2.05, 4.69) is 0 Å². The first-order chi connectivity index (χ1) is 10.1. The molecule has 1 aromatic carbocycles. The standard InChI is InChI=1S/C16H23ClN2O2/c1-12(18)9-13-5-6-15(14(17)10-13)21-11-16(20)19-7-3-2-4-8-19/h5-6,10,12H,2-4,7-9,11,18H2,1H3. The van der Waals surface area contributed by atoms with Gasteiger partial charge >= 0.3 is 0 Å². The van der Waals surface area contributed by atoms with E-state index in [1.54, 1.807) is 0 Å². The van der Waals surface area contributed by atoms with Crippen LogP contribution in [0.1, 0.15) is 31.7 Å². The summed E-state index contributed by atoms with van der Waals surface area (Å²) in [5.74, 6) is 0.584. The maximum Gasteiger partial charge on any atom is 0.260 e. The van der Waals surface area contributed by atoms with Crippen LogP contribution in [-0.2, 0) is 11.2 Å². The molecule has 0 saturated carbocycles. The highest BCUT2D eigenvalue weighted by atomic mass is 35.5. The summed E-state index contributed by atoms with van der Waals surface area (Å²) in [6.45, 7) is 3.68. The second-order valence-corrected chi connectivity index (χ2v) is 6.08. The first-order valence-corrected chi connectivity index (χ1v) is 7.88. The Hall–Kier alpha value is -1.26. The van der Waals surface area contributed by atoms with Gasteiger partial charge < -0.3 is 15.4 Å². The highest BCUT2D eigenvalue weighted by molar-refractivity contribution is 6.32. The van der Waals surface area contributed by atoms with Crippen molar-refractivity contribution in [2.24, 2.45) is 5.73 Å². The van der Waals surface area contributed by atoms with Crippen molar-refractivity contribution in [1.82, 2.24) is 4.90 Å². The molecule has 0 radical (unpaired) electrons. The van der Waals surface area contributed by atoms with Crippen LogP contribution in [0.4, 0.5) is 0 Å². The Morgan fingerprint density at radius 2 is 2.10 bits per heavy atom. The molecule has 2 rings (SSSR count). The molecule has 1 fully saturated rings. The van der Waals surface area contributed by atoms with Crippen molar-refractivity contribution < 1.29 is 9.53 Å². The summed E-state index contributed by atoms with van der Waals surface area (Å²) in [6.07, 6.45) is 4.14. The molecule has 1 heterocycles. The molecule has 2 N–H and O–H groups in total. The Labute approximate surface area is 131 Å². The van der Waals surface area contributed by atoms with Crippen molar-refractivity contribution >= 4 is 17.5 Å². The van der Waals surface area contributed by atoms with Gasteiger partial charge in [0.1, 0.15) is 5.75 Å². The number of benzene rings is 1. The van der Waals surface area contributed by atoms with Gasteiger partial charge in [-0.3, -0.25) is 4.79 Å². The number of halogens is 1. The number of likely N-dealkylation sites (tertiary alicyclic amines) is 1. The third-order valence-electron chi connectivity index (χ3n) is 3.61. The van der Waals surface area contributed by atoms with Gasteiger partial charge in [-0.2, -0.15) is 0 Å².